The van der Waals surface area contributed by atoms with Gasteiger partial charge in [-0.15, -0.1) is 24.0 Å². The first-order chi connectivity index (χ1) is 11.9. The lowest BCUT2D eigenvalue weighted by molar-refractivity contribution is -0.142. The smallest absolute Gasteiger partial charge is 0.355 e. The van der Waals surface area contributed by atoms with E-state index in [1.54, 1.807) is 7.05 Å². The minimum atomic E-state index is -4.16. The molecule has 26 heavy (non-hydrogen) atoms. The zero-order valence-electron chi connectivity index (χ0n) is 15.1. The van der Waals surface area contributed by atoms with Crippen LogP contribution in [0.2, 0.25) is 0 Å². The van der Waals surface area contributed by atoms with E-state index < -0.39 is 12.7 Å². The van der Waals surface area contributed by atoms with Gasteiger partial charge in [-0.05, 0) is 24.6 Å². The third-order valence-corrected chi connectivity index (χ3v) is 4.09. The topological polar surface area (TPSA) is 30.9 Å². The second-order valence-electron chi connectivity index (χ2n) is 6.12. The molecule has 0 fully saturated rings. The summed E-state index contributed by atoms with van der Waals surface area (Å²) in [5.41, 5.74) is 2.55. The Morgan fingerprint density at radius 2 is 1.96 bits per heavy atom. The van der Waals surface area contributed by atoms with E-state index in [0.717, 1.165) is 25.5 Å². The quantitative estimate of drug-likeness (QED) is 0.397. The lowest BCUT2D eigenvalue weighted by Gasteiger charge is -2.30. The summed E-state index contributed by atoms with van der Waals surface area (Å²) in [5.74, 6) is 0.726. The van der Waals surface area contributed by atoms with Crippen molar-refractivity contribution in [2.24, 2.45) is 4.99 Å². The van der Waals surface area contributed by atoms with Crippen LogP contribution in [0.4, 0.5) is 13.2 Å². The molecule has 8 heteroatoms. The minimum Gasteiger partial charge on any atom is -0.355 e. The highest BCUT2D eigenvalue weighted by molar-refractivity contribution is 14.0. The molecule has 1 aromatic rings. The van der Waals surface area contributed by atoms with E-state index >= 15 is 0 Å². The maximum Gasteiger partial charge on any atom is 0.401 e. The molecule has 1 aliphatic heterocycles. The molecule has 4 nitrogen and oxygen atoms in total. The van der Waals surface area contributed by atoms with Crippen LogP contribution in [0.5, 0.6) is 0 Å². The van der Waals surface area contributed by atoms with Crippen LogP contribution in [0.1, 0.15) is 12.0 Å². The molecule has 0 saturated carbocycles. The van der Waals surface area contributed by atoms with Gasteiger partial charge in [-0.1, -0.05) is 36.4 Å². The summed E-state index contributed by atoms with van der Waals surface area (Å²) >= 11 is 0. The number of rotatable bonds is 5. The Labute approximate surface area is 170 Å². The number of benzene rings is 1. The lowest BCUT2D eigenvalue weighted by Crippen LogP contribution is -2.46. The maximum atomic E-state index is 12.3. The van der Waals surface area contributed by atoms with E-state index in [4.69, 9.17) is 0 Å². The van der Waals surface area contributed by atoms with Crippen molar-refractivity contribution in [2.75, 3.05) is 46.8 Å². The molecule has 1 N–H and O–H groups in total. The van der Waals surface area contributed by atoms with E-state index in [1.807, 2.05) is 18.2 Å². The van der Waals surface area contributed by atoms with Crippen LogP contribution < -0.4 is 5.32 Å². The van der Waals surface area contributed by atoms with Crippen LogP contribution in [0, 0.1) is 0 Å². The third kappa shape index (κ3) is 7.53. The zero-order valence-corrected chi connectivity index (χ0v) is 17.4. The van der Waals surface area contributed by atoms with Crippen molar-refractivity contribution in [2.45, 2.75) is 12.6 Å². The van der Waals surface area contributed by atoms with E-state index in [1.165, 1.54) is 23.1 Å². The summed E-state index contributed by atoms with van der Waals surface area (Å²) in [6.45, 7) is 1.39. The Morgan fingerprint density at radius 1 is 1.27 bits per heavy atom. The van der Waals surface area contributed by atoms with Crippen LogP contribution in [-0.4, -0.2) is 68.8 Å². The van der Waals surface area contributed by atoms with Crippen LogP contribution >= 0.6 is 24.0 Å². The van der Waals surface area contributed by atoms with Crippen molar-refractivity contribution in [1.29, 1.82) is 0 Å². The Hall–Kier alpha value is -1.29. The molecule has 0 saturated heterocycles. The highest BCUT2D eigenvalue weighted by Gasteiger charge is 2.28. The van der Waals surface area contributed by atoms with E-state index in [0.29, 0.717) is 13.1 Å². The maximum absolute atomic E-state index is 12.3. The van der Waals surface area contributed by atoms with Gasteiger partial charge in [-0.2, -0.15) is 13.2 Å². The Bertz CT molecular complexity index is 602. The molecule has 0 spiro atoms. The average molecular weight is 482 g/mol. The minimum absolute atomic E-state index is 0. The second kappa shape index (κ2) is 10.8. The summed E-state index contributed by atoms with van der Waals surface area (Å²) in [7, 11) is 3.16. The van der Waals surface area contributed by atoms with Gasteiger partial charge in [0.15, 0.2) is 5.96 Å². The fourth-order valence-electron chi connectivity index (χ4n) is 2.85. The number of likely N-dealkylation sites (N-methyl/N-ethyl adjacent to an activating group) is 1. The van der Waals surface area contributed by atoms with E-state index in [2.05, 4.69) is 33.4 Å². The Morgan fingerprint density at radius 3 is 2.50 bits per heavy atom. The van der Waals surface area contributed by atoms with Crippen molar-refractivity contribution in [3.05, 3.63) is 42.0 Å². The molecule has 0 aromatic heterocycles. The van der Waals surface area contributed by atoms with Gasteiger partial charge in [-0.25, -0.2) is 0 Å². The molecule has 0 bridgehead atoms. The van der Waals surface area contributed by atoms with Gasteiger partial charge in [0, 0.05) is 33.2 Å². The standard InChI is InChI=1S/C18H25F3N4.HI/c1-22-17(23-10-13-24(2)14-18(19,20)21)25-11-8-16(9-12-25)15-6-4-3-5-7-15;/h3-8H,9-14H2,1-2H3,(H,22,23);1H. The predicted octanol–water partition coefficient (Wildman–Crippen LogP) is 3.46. The molecule has 146 valence electrons. The summed E-state index contributed by atoms with van der Waals surface area (Å²) in [6.07, 6.45) is -1.07. The van der Waals surface area contributed by atoms with Gasteiger partial charge in [0.25, 0.3) is 0 Å². The molecule has 2 rings (SSSR count). The van der Waals surface area contributed by atoms with Gasteiger partial charge < -0.3 is 10.2 Å². The average Bonchev–Trinajstić information content (AvgIpc) is 2.58. The van der Waals surface area contributed by atoms with Crippen LogP contribution in [-0.2, 0) is 0 Å². The zero-order chi connectivity index (χ0) is 18.3. The molecule has 0 unspecified atom stereocenters. The van der Waals surface area contributed by atoms with E-state index in [-0.39, 0.29) is 24.0 Å². The SMILES string of the molecule is CN=C(NCCN(C)CC(F)(F)F)N1CC=C(c2ccccc2)CC1.I. The number of nitrogens with one attached hydrogen (secondary N) is 1. The molecular formula is C18H26F3IN4. The number of alkyl halides is 3. The molecule has 1 heterocycles. The predicted molar refractivity (Wildman–Crippen MR) is 111 cm³/mol. The molecular weight excluding hydrogens is 456 g/mol. The molecule has 0 aliphatic carbocycles. The van der Waals surface area contributed by atoms with Gasteiger partial charge in [0.2, 0.25) is 0 Å². The molecule has 1 aliphatic rings. The highest BCUT2D eigenvalue weighted by Crippen LogP contribution is 2.21. The highest BCUT2D eigenvalue weighted by atomic mass is 127. The van der Waals surface area contributed by atoms with Crippen molar-refractivity contribution < 1.29 is 13.2 Å². The largest absolute Gasteiger partial charge is 0.401 e. The fourth-order valence-corrected chi connectivity index (χ4v) is 2.85. The van der Waals surface area contributed by atoms with Gasteiger partial charge in [0.1, 0.15) is 0 Å². The van der Waals surface area contributed by atoms with Gasteiger partial charge in [0.05, 0.1) is 6.54 Å². The first-order valence-electron chi connectivity index (χ1n) is 8.34. The summed E-state index contributed by atoms with van der Waals surface area (Å²) in [4.78, 5) is 7.60. The van der Waals surface area contributed by atoms with Crippen molar-refractivity contribution in [3.8, 4) is 0 Å². The summed E-state index contributed by atoms with van der Waals surface area (Å²) in [6, 6.07) is 10.3. The third-order valence-electron chi connectivity index (χ3n) is 4.09. The van der Waals surface area contributed by atoms with E-state index in [9.17, 15) is 13.2 Å². The molecule has 0 radical (unpaired) electrons. The van der Waals surface area contributed by atoms with Crippen molar-refractivity contribution in [3.63, 3.8) is 0 Å². The number of aliphatic imine (C=N–C) groups is 1. The Balaban J connectivity index is 0.00000338. The fraction of sp³-hybridized carbons (Fsp3) is 0.500. The summed E-state index contributed by atoms with van der Waals surface area (Å²) < 4.78 is 37.0. The Kier molecular flexibility index (Phi) is 9.42. The molecule has 0 atom stereocenters. The number of halogens is 4. The lowest BCUT2D eigenvalue weighted by atomic mass is 10.00. The van der Waals surface area contributed by atoms with Crippen LogP contribution in [0.3, 0.4) is 0 Å². The number of hydrogen-bond acceptors (Lipinski definition) is 2. The molecule has 1 aromatic carbocycles. The van der Waals surface area contributed by atoms with Crippen LogP contribution in [0.15, 0.2) is 41.4 Å². The second-order valence-corrected chi connectivity index (χ2v) is 6.12. The van der Waals surface area contributed by atoms with Crippen molar-refractivity contribution >= 4 is 35.5 Å². The molecule has 0 amide bonds. The monoisotopic (exact) mass is 482 g/mol. The first kappa shape index (κ1) is 22.8. The summed E-state index contributed by atoms with van der Waals surface area (Å²) in [5, 5.41) is 3.15. The number of hydrogen-bond donors (Lipinski definition) is 1. The first-order valence-corrected chi connectivity index (χ1v) is 8.34. The number of nitrogens with zero attached hydrogens (tertiary/aromatic N) is 3. The van der Waals surface area contributed by atoms with Crippen LogP contribution in [0.25, 0.3) is 5.57 Å². The van der Waals surface area contributed by atoms with Crippen molar-refractivity contribution in [1.82, 2.24) is 15.1 Å². The van der Waals surface area contributed by atoms with Gasteiger partial charge in [-0.3, -0.25) is 9.89 Å². The normalized spacial score (nSPS) is 15.5. The number of guanidine groups is 1. The van der Waals surface area contributed by atoms with Gasteiger partial charge >= 0.3 is 6.18 Å².